The van der Waals surface area contributed by atoms with E-state index in [-0.39, 0.29) is 5.41 Å². The Morgan fingerprint density at radius 3 is 1.97 bits per heavy atom. The van der Waals surface area contributed by atoms with Crippen LogP contribution in [0.2, 0.25) is 0 Å². The molecule has 0 atom stereocenters. The van der Waals surface area contributed by atoms with Crippen molar-refractivity contribution in [2.24, 2.45) is 0 Å². The number of hydrogen-bond acceptors (Lipinski definition) is 1. The highest BCUT2D eigenvalue weighted by Gasteiger charge is 2.40. The Morgan fingerprint density at radius 1 is 0.611 bits per heavy atom. The van der Waals surface area contributed by atoms with E-state index in [0.717, 1.165) is 24.1 Å². The Morgan fingerprint density at radius 2 is 1.28 bits per heavy atom. The van der Waals surface area contributed by atoms with Gasteiger partial charge in [-0.25, -0.2) is 4.98 Å². The van der Waals surface area contributed by atoms with E-state index in [2.05, 4.69) is 120 Å². The van der Waals surface area contributed by atoms with Gasteiger partial charge in [0.2, 0.25) is 0 Å². The van der Waals surface area contributed by atoms with Crippen molar-refractivity contribution >= 4 is 10.9 Å². The zero-order chi connectivity index (χ0) is 25.0. The van der Waals surface area contributed by atoms with E-state index in [9.17, 15) is 0 Å². The van der Waals surface area contributed by atoms with Crippen molar-refractivity contribution in [3.05, 3.63) is 113 Å². The maximum Gasteiger partial charge on any atom is 0.0719 e. The summed E-state index contributed by atoms with van der Waals surface area (Å²) in [6.07, 6.45) is 2.17. The van der Waals surface area contributed by atoms with Gasteiger partial charge in [0.25, 0.3) is 0 Å². The van der Waals surface area contributed by atoms with Gasteiger partial charge in [0.15, 0.2) is 0 Å². The molecule has 1 nitrogen and oxygen atoms in total. The van der Waals surface area contributed by atoms with E-state index in [1.54, 1.807) is 0 Å². The van der Waals surface area contributed by atoms with Crippen LogP contribution in [0.3, 0.4) is 0 Å². The fraction of sp³-hybridized carbons (Fsp3) is 0.229. The molecule has 1 heterocycles. The summed E-state index contributed by atoms with van der Waals surface area (Å²) in [7, 11) is 0. The van der Waals surface area contributed by atoms with Crippen LogP contribution in [-0.2, 0) is 5.41 Å². The van der Waals surface area contributed by atoms with Crippen LogP contribution in [0.25, 0.3) is 44.4 Å². The van der Waals surface area contributed by atoms with E-state index in [0.29, 0.717) is 0 Å². The first-order valence-corrected chi connectivity index (χ1v) is 13.2. The highest BCUT2D eigenvalue weighted by Crippen LogP contribution is 2.54. The quantitative estimate of drug-likeness (QED) is 0.256. The molecule has 5 aromatic rings. The van der Waals surface area contributed by atoms with Gasteiger partial charge in [-0.05, 0) is 103 Å². The Bertz CT molecular complexity index is 1610. The number of aryl methyl sites for hydroxylation is 3. The number of hydrogen-bond donors (Lipinski definition) is 0. The van der Waals surface area contributed by atoms with Crippen LogP contribution in [0, 0.1) is 20.8 Å². The third-order valence-electron chi connectivity index (χ3n) is 8.36. The number of benzene rings is 4. The molecule has 0 fully saturated rings. The molecule has 6 rings (SSSR count). The number of pyridine rings is 1. The summed E-state index contributed by atoms with van der Waals surface area (Å²) in [6, 6.07) is 31.6. The minimum absolute atomic E-state index is 0.0422. The van der Waals surface area contributed by atoms with Gasteiger partial charge >= 0.3 is 0 Å². The van der Waals surface area contributed by atoms with Gasteiger partial charge in [-0.1, -0.05) is 79.6 Å². The molecule has 0 unspecified atom stereocenters. The van der Waals surface area contributed by atoms with E-state index in [1.807, 2.05) is 0 Å². The molecule has 0 N–H and O–H groups in total. The largest absolute Gasteiger partial charge is 0.248 e. The predicted molar refractivity (Wildman–Crippen MR) is 154 cm³/mol. The summed E-state index contributed by atoms with van der Waals surface area (Å²) in [5.74, 6) is 0. The van der Waals surface area contributed by atoms with Crippen molar-refractivity contribution < 1.29 is 0 Å². The second kappa shape index (κ2) is 8.45. The summed E-state index contributed by atoms with van der Waals surface area (Å²) in [5.41, 5.74) is 15.4. The van der Waals surface area contributed by atoms with Crippen LogP contribution in [0.5, 0.6) is 0 Å². The minimum atomic E-state index is 0.0422. The fourth-order valence-electron chi connectivity index (χ4n) is 6.55. The standard InChI is InChI=1S/C35H33N/c1-6-35(7-2)31-15-11-10-14-27(31)29-19-30-28(26-13-9-8-12-24(26)5)20-33(36-34(30)21-32(29)35)25-17-22(3)16-23(4)18-25/h8-21H,6-7H2,1-5H3. The molecule has 0 spiro atoms. The molecular formula is C35H33N. The van der Waals surface area contributed by atoms with Crippen LogP contribution >= 0.6 is 0 Å². The molecule has 0 amide bonds. The second-order valence-corrected chi connectivity index (χ2v) is 10.5. The lowest BCUT2D eigenvalue weighted by atomic mass is 9.73. The van der Waals surface area contributed by atoms with Gasteiger partial charge in [0.05, 0.1) is 11.2 Å². The lowest BCUT2D eigenvalue weighted by Gasteiger charge is -2.29. The van der Waals surface area contributed by atoms with Gasteiger partial charge in [-0.2, -0.15) is 0 Å². The maximum absolute atomic E-state index is 5.32. The molecule has 1 aromatic heterocycles. The van der Waals surface area contributed by atoms with Gasteiger partial charge in [0.1, 0.15) is 0 Å². The normalized spacial score (nSPS) is 13.6. The first-order chi connectivity index (χ1) is 17.4. The van der Waals surface area contributed by atoms with Crippen LogP contribution in [0.15, 0.2) is 84.9 Å². The van der Waals surface area contributed by atoms with Crippen molar-refractivity contribution in [1.29, 1.82) is 0 Å². The highest BCUT2D eigenvalue weighted by molar-refractivity contribution is 6.02. The highest BCUT2D eigenvalue weighted by atomic mass is 14.7. The average molecular weight is 468 g/mol. The van der Waals surface area contributed by atoms with E-state index in [4.69, 9.17) is 4.98 Å². The van der Waals surface area contributed by atoms with E-state index < -0.39 is 0 Å². The molecule has 36 heavy (non-hydrogen) atoms. The molecule has 0 saturated heterocycles. The summed E-state index contributed by atoms with van der Waals surface area (Å²) >= 11 is 0. The molecule has 0 aliphatic heterocycles. The summed E-state index contributed by atoms with van der Waals surface area (Å²) < 4.78 is 0. The van der Waals surface area contributed by atoms with Gasteiger partial charge in [0, 0.05) is 16.4 Å². The number of rotatable bonds is 4. The molecule has 0 bridgehead atoms. The first-order valence-electron chi connectivity index (χ1n) is 13.2. The molecule has 4 aromatic carbocycles. The van der Waals surface area contributed by atoms with E-state index >= 15 is 0 Å². The lowest BCUT2D eigenvalue weighted by Crippen LogP contribution is -2.23. The van der Waals surface area contributed by atoms with Gasteiger partial charge in [-0.15, -0.1) is 0 Å². The first kappa shape index (κ1) is 22.7. The summed E-state index contributed by atoms with van der Waals surface area (Å²) in [6.45, 7) is 11.2. The predicted octanol–water partition coefficient (Wildman–Crippen LogP) is 9.58. The van der Waals surface area contributed by atoms with Crippen molar-refractivity contribution in [2.75, 3.05) is 0 Å². The molecular weight excluding hydrogens is 434 g/mol. The van der Waals surface area contributed by atoms with Gasteiger partial charge in [-0.3, -0.25) is 0 Å². The van der Waals surface area contributed by atoms with Crippen LogP contribution in [0.1, 0.15) is 54.5 Å². The molecule has 178 valence electrons. The van der Waals surface area contributed by atoms with Crippen molar-refractivity contribution in [3.63, 3.8) is 0 Å². The zero-order valence-corrected chi connectivity index (χ0v) is 21.9. The monoisotopic (exact) mass is 467 g/mol. The Kier molecular flexibility index (Phi) is 5.34. The number of aromatic nitrogens is 1. The summed E-state index contributed by atoms with van der Waals surface area (Å²) in [4.78, 5) is 5.32. The smallest absolute Gasteiger partial charge is 0.0719 e. The van der Waals surface area contributed by atoms with E-state index in [1.165, 1.54) is 61.0 Å². The molecule has 0 saturated carbocycles. The zero-order valence-electron chi connectivity index (χ0n) is 21.9. The van der Waals surface area contributed by atoms with Crippen molar-refractivity contribution in [2.45, 2.75) is 52.9 Å². The summed E-state index contributed by atoms with van der Waals surface area (Å²) in [5, 5.41) is 1.23. The van der Waals surface area contributed by atoms with Crippen LogP contribution in [0.4, 0.5) is 0 Å². The number of nitrogens with zero attached hydrogens (tertiary/aromatic N) is 1. The lowest BCUT2D eigenvalue weighted by molar-refractivity contribution is 0.491. The number of fused-ring (bicyclic) bond motifs is 4. The molecule has 0 radical (unpaired) electrons. The maximum atomic E-state index is 5.32. The Hall–Kier alpha value is -3.71. The SMILES string of the molecule is CCC1(CC)c2ccccc2-c2cc3c(-c4ccccc4C)cc(-c4cc(C)cc(C)c4)nc3cc21. The molecule has 1 heteroatoms. The van der Waals surface area contributed by atoms with Crippen LogP contribution in [-0.4, -0.2) is 4.98 Å². The molecule has 1 aliphatic rings. The average Bonchev–Trinajstić information content (AvgIpc) is 3.16. The van der Waals surface area contributed by atoms with Crippen LogP contribution < -0.4 is 0 Å². The second-order valence-electron chi connectivity index (χ2n) is 10.5. The minimum Gasteiger partial charge on any atom is -0.248 e. The Balaban J connectivity index is 1.72. The third-order valence-corrected chi connectivity index (χ3v) is 8.36. The Labute approximate surface area is 214 Å². The topological polar surface area (TPSA) is 12.9 Å². The third kappa shape index (κ3) is 3.33. The van der Waals surface area contributed by atoms with Crippen molar-refractivity contribution in [1.82, 2.24) is 4.98 Å². The fourth-order valence-corrected chi connectivity index (χ4v) is 6.55. The molecule has 1 aliphatic carbocycles. The van der Waals surface area contributed by atoms with Crippen molar-refractivity contribution in [3.8, 4) is 33.5 Å². The van der Waals surface area contributed by atoms with Gasteiger partial charge < -0.3 is 0 Å².